The number of aliphatic hydroxyl groups is 1. The monoisotopic (exact) mass is 186 g/mol. The van der Waals surface area contributed by atoms with Gasteiger partial charge in [-0.05, 0) is 24.2 Å². The zero-order chi connectivity index (χ0) is 10.2. The maximum Gasteiger partial charge on any atom is 0.309 e. The summed E-state index contributed by atoms with van der Waals surface area (Å²) < 4.78 is 0. The van der Waals surface area contributed by atoms with Crippen LogP contribution in [0, 0.1) is 17.3 Å². The molecule has 1 rings (SSSR count). The van der Waals surface area contributed by atoms with Crippen molar-refractivity contribution in [3.63, 3.8) is 0 Å². The normalized spacial score (nSPS) is 34.9. The molecule has 0 aromatic heterocycles. The van der Waals surface area contributed by atoms with Gasteiger partial charge in [-0.15, -0.1) is 0 Å². The van der Waals surface area contributed by atoms with Gasteiger partial charge in [0.05, 0.1) is 12.0 Å². The van der Waals surface area contributed by atoms with E-state index in [0.29, 0.717) is 6.42 Å². The van der Waals surface area contributed by atoms with Gasteiger partial charge in [0, 0.05) is 0 Å². The van der Waals surface area contributed by atoms with Crippen molar-refractivity contribution in [2.75, 3.05) is 0 Å². The van der Waals surface area contributed by atoms with Crippen molar-refractivity contribution in [3.8, 4) is 0 Å². The summed E-state index contributed by atoms with van der Waals surface area (Å²) in [6.07, 6.45) is 0.794. The summed E-state index contributed by atoms with van der Waals surface area (Å²) >= 11 is 0. The fourth-order valence-electron chi connectivity index (χ4n) is 2.29. The first-order chi connectivity index (χ1) is 5.84. The van der Waals surface area contributed by atoms with Gasteiger partial charge in [-0.3, -0.25) is 4.79 Å². The number of carboxylic acid groups (broad SMARTS) is 1. The quantitative estimate of drug-likeness (QED) is 0.652. The third-order valence-electron chi connectivity index (χ3n) is 3.02. The van der Waals surface area contributed by atoms with Gasteiger partial charge in [0.1, 0.15) is 0 Å². The third-order valence-corrected chi connectivity index (χ3v) is 3.02. The Morgan fingerprint density at radius 1 is 1.31 bits per heavy atom. The number of rotatable bonds is 1. The molecule has 3 atom stereocenters. The Morgan fingerprint density at radius 3 is 2.15 bits per heavy atom. The molecule has 0 radical (unpaired) electrons. The summed E-state index contributed by atoms with van der Waals surface area (Å²) in [5, 5.41) is 18.5. The highest BCUT2D eigenvalue weighted by Crippen LogP contribution is 2.43. The first-order valence-corrected chi connectivity index (χ1v) is 4.75. The van der Waals surface area contributed by atoms with Crippen LogP contribution < -0.4 is 0 Å². The number of hydrogen-bond acceptors (Lipinski definition) is 2. The summed E-state index contributed by atoms with van der Waals surface area (Å²) in [6, 6.07) is 0. The van der Waals surface area contributed by atoms with Crippen LogP contribution in [0.3, 0.4) is 0 Å². The van der Waals surface area contributed by atoms with Gasteiger partial charge in [-0.2, -0.15) is 0 Å². The second kappa shape index (κ2) is 3.29. The van der Waals surface area contributed by atoms with E-state index in [1.165, 1.54) is 0 Å². The van der Waals surface area contributed by atoms with Crippen LogP contribution in [0.4, 0.5) is 0 Å². The molecule has 1 aliphatic rings. The van der Waals surface area contributed by atoms with Crippen molar-refractivity contribution in [2.24, 2.45) is 17.3 Å². The van der Waals surface area contributed by atoms with Crippen LogP contribution in [0.2, 0.25) is 0 Å². The molecule has 1 saturated carbocycles. The smallest absolute Gasteiger partial charge is 0.309 e. The molecule has 3 nitrogen and oxygen atoms in total. The molecule has 0 unspecified atom stereocenters. The average molecular weight is 186 g/mol. The van der Waals surface area contributed by atoms with Crippen LogP contribution in [-0.4, -0.2) is 22.3 Å². The standard InChI is InChI=1S/C10H18O3/c1-10(2,3)6-4-5-7(11)8(6)9(12)13/h6-8,11H,4-5H2,1-3H3,(H,12,13)/t6-,7-,8+/m1/s1. The van der Waals surface area contributed by atoms with Crippen LogP contribution in [0.1, 0.15) is 33.6 Å². The fourth-order valence-corrected chi connectivity index (χ4v) is 2.29. The Morgan fingerprint density at radius 2 is 1.85 bits per heavy atom. The van der Waals surface area contributed by atoms with Gasteiger partial charge in [-0.25, -0.2) is 0 Å². The van der Waals surface area contributed by atoms with E-state index in [2.05, 4.69) is 0 Å². The van der Waals surface area contributed by atoms with E-state index in [-0.39, 0.29) is 11.3 Å². The van der Waals surface area contributed by atoms with Gasteiger partial charge >= 0.3 is 5.97 Å². The summed E-state index contributed by atoms with van der Waals surface area (Å²) in [5.74, 6) is -1.33. The Balaban J connectivity index is 2.82. The Bertz CT molecular complexity index is 205. The lowest BCUT2D eigenvalue weighted by atomic mass is 9.74. The molecular formula is C10H18O3. The Labute approximate surface area is 78.8 Å². The number of carbonyl (C=O) groups is 1. The van der Waals surface area contributed by atoms with E-state index in [9.17, 15) is 9.90 Å². The van der Waals surface area contributed by atoms with Crippen molar-refractivity contribution in [1.82, 2.24) is 0 Å². The minimum Gasteiger partial charge on any atom is -0.481 e. The molecule has 0 saturated heterocycles. The maximum absolute atomic E-state index is 10.9. The average Bonchev–Trinajstić information content (AvgIpc) is 2.28. The highest BCUT2D eigenvalue weighted by Gasteiger charge is 2.45. The first-order valence-electron chi connectivity index (χ1n) is 4.75. The summed E-state index contributed by atoms with van der Waals surface area (Å²) in [4.78, 5) is 10.9. The lowest BCUT2D eigenvalue weighted by Crippen LogP contribution is -2.34. The van der Waals surface area contributed by atoms with Gasteiger partial charge in [0.25, 0.3) is 0 Å². The molecule has 1 fully saturated rings. The number of carboxylic acids is 1. The topological polar surface area (TPSA) is 57.5 Å². The number of aliphatic carboxylic acids is 1. The molecule has 0 aliphatic heterocycles. The van der Waals surface area contributed by atoms with E-state index in [1.54, 1.807) is 0 Å². The van der Waals surface area contributed by atoms with Crippen LogP contribution in [0.15, 0.2) is 0 Å². The minimum atomic E-state index is -0.857. The summed E-state index contributed by atoms with van der Waals surface area (Å²) in [5.41, 5.74) is -0.0272. The predicted octanol–water partition coefficient (Wildman–Crippen LogP) is 1.50. The van der Waals surface area contributed by atoms with Crippen LogP contribution in [0.25, 0.3) is 0 Å². The molecule has 2 N–H and O–H groups in total. The zero-order valence-electron chi connectivity index (χ0n) is 8.45. The Hall–Kier alpha value is -0.570. The maximum atomic E-state index is 10.9. The SMILES string of the molecule is CC(C)(C)[C@@H]1CC[C@@H](O)[C@H]1C(=O)O. The predicted molar refractivity (Wildman–Crippen MR) is 49.3 cm³/mol. The van der Waals surface area contributed by atoms with Crippen molar-refractivity contribution < 1.29 is 15.0 Å². The lowest BCUT2D eigenvalue weighted by molar-refractivity contribution is -0.148. The number of hydrogen-bond donors (Lipinski definition) is 2. The molecule has 0 bridgehead atoms. The van der Waals surface area contributed by atoms with Crippen LogP contribution in [0.5, 0.6) is 0 Å². The number of aliphatic hydroxyl groups excluding tert-OH is 1. The molecule has 0 aromatic rings. The zero-order valence-corrected chi connectivity index (χ0v) is 8.45. The van der Waals surface area contributed by atoms with E-state index < -0.39 is 18.0 Å². The molecule has 3 heteroatoms. The molecule has 0 amide bonds. The minimum absolute atomic E-state index is 0.0272. The van der Waals surface area contributed by atoms with Crippen molar-refractivity contribution in [1.29, 1.82) is 0 Å². The lowest BCUT2D eigenvalue weighted by Gasteiger charge is -2.30. The van der Waals surface area contributed by atoms with Gasteiger partial charge in [0.2, 0.25) is 0 Å². The molecule has 0 heterocycles. The van der Waals surface area contributed by atoms with E-state index in [0.717, 1.165) is 6.42 Å². The van der Waals surface area contributed by atoms with Crippen LogP contribution in [-0.2, 0) is 4.79 Å². The second-order valence-corrected chi connectivity index (χ2v) is 4.98. The largest absolute Gasteiger partial charge is 0.481 e. The molecule has 0 aromatic carbocycles. The second-order valence-electron chi connectivity index (χ2n) is 4.98. The van der Waals surface area contributed by atoms with Gasteiger partial charge < -0.3 is 10.2 Å². The molecule has 0 spiro atoms. The van der Waals surface area contributed by atoms with E-state index in [1.807, 2.05) is 20.8 Å². The molecule has 1 aliphatic carbocycles. The van der Waals surface area contributed by atoms with Crippen molar-refractivity contribution in [2.45, 2.75) is 39.7 Å². The van der Waals surface area contributed by atoms with E-state index in [4.69, 9.17) is 5.11 Å². The third kappa shape index (κ3) is 2.02. The van der Waals surface area contributed by atoms with Gasteiger partial charge in [-0.1, -0.05) is 20.8 Å². The van der Waals surface area contributed by atoms with Gasteiger partial charge in [0.15, 0.2) is 0 Å². The fraction of sp³-hybridized carbons (Fsp3) is 0.900. The van der Waals surface area contributed by atoms with Crippen LogP contribution >= 0.6 is 0 Å². The highest BCUT2D eigenvalue weighted by atomic mass is 16.4. The van der Waals surface area contributed by atoms with Crippen molar-refractivity contribution in [3.05, 3.63) is 0 Å². The molecular weight excluding hydrogens is 168 g/mol. The van der Waals surface area contributed by atoms with Crippen molar-refractivity contribution >= 4 is 5.97 Å². The molecule has 76 valence electrons. The highest BCUT2D eigenvalue weighted by molar-refractivity contribution is 5.71. The Kier molecular flexibility index (Phi) is 2.66. The summed E-state index contributed by atoms with van der Waals surface area (Å²) in [6.45, 7) is 6.10. The summed E-state index contributed by atoms with van der Waals surface area (Å²) in [7, 11) is 0. The van der Waals surface area contributed by atoms with E-state index >= 15 is 0 Å². The molecule has 13 heavy (non-hydrogen) atoms. The first kappa shape index (κ1) is 10.5.